The summed E-state index contributed by atoms with van der Waals surface area (Å²) in [5, 5.41) is 3.35. The summed E-state index contributed by atoms with van der Waals surface area (Å²) >= 11 is 0. The molecule has 0 aromatic heterocycles. The lowest BCUT2D eigenvalue weighted by molar-refractivity contribution is -0.119. The standard InChI is InChI=1S/C18H27NO/c1-2-3-4-5-6-7-8-13-18(20)17-14-15-11-9-10-12-16(15)19-17/h9-12,17,19H,2-8,13-14H2,1H3. The lowest BCUT2D eigenvalue weighted by atomic mass is 10.0. The van der Waals surface area contributed by atoms with E-state index in [4.69, 9.17) is 0 Å². The highest BCUT2D eigenvalue weighted by molar-refractivity contribution is 5.89. The van der Waals surface area contributed by atoms with Crippen molar-refractivity contribution in [1.82, 2.24) is 0 Å². The average molecular weight is 273 g/mol. The Kier molecular flexibility index (Phi) is 6.10. The molecule has 2 rings (SSSR count). The SMILES string of the molecule is CCCCCCCCCC(=O)C1Cc2ccccc2N1. The van der Waals surface area contributed by atoms with Gasteiger partial charge < -0.3 is 5.32 Å². The Labute approximate surface area is 123 Å². The second-order valence-electron chi connectivity index (χ2n) is 5.90. The molecule has 0 bridgehead atoms. The predicted octanol–water partition coefficient (Wildman–Crippen LogP) is 4.73. The van der Waals surface area contributed by atoms with Crippen LogP contribution in [0.3, 0.4) is 0 Å². The molecule has 0 spiro atoms. The summed E-state index contributed by atoms with van der Waals surface area (Å²) in [6, 6.07) is 8.27. The van der Waals surface area contributed by atoms with Gasteiger partial charge in [-0.05, 0) is 18.1 Å². The van der Waals surface area contributed by atoms with Gasteiger partial charge in [-0.1, -0.05) is 63.6 Å². The second-order valence-corrected chi connectivity index (χ2v) is 5.90. The van der Waals surface area contributed by atoms with Gasteiger partial charge in [-0.3, -0.25) is 4.79 Å². The van der Waals surface area contributed by atoms with Gasteiger partial charge in [-0.25, -0.2) is 0 Å². The monoisotopic (exact) mass is 273 g/mol. The van der Waals surface area contributed by atoms with Crippen LogP contribution in [0.25, 0.3) is 0 Å². The van der Waals surface area contributed by atoms with Gasteiger partial charge in [-0.2, -0.15) is 0 Å². The third-order valence-corrected chi connectivity index (χ3v) is 4.19. The molecule has 1 aromatic rings. The van der Waals surface area contributed by atoms with Crippen LogP contribution in [-0.2, 0) is 11.2 Å². The molecule has 0 amide bonds. The van der Waals surface area contributed by atoms with Crippen molar-refractivity contribution in [2.24, 2.45) is 0 Å². The predicted molar refractivity (Wildman–Crippen MR) is 85.2 cm³/mol. The van der Waals surface area contributed by atoms with Crippen LogP contribution >= 0.6 is 0 Å². The van der Waals surface area contributed by atoms with Crippen LogP contribution in [0.1, 0.15) is 63.9 Å². The molecule has 0 radical (unpaired) electrons. The molecule has 0 fully saturated rings. The molecule has 20 heavy (non-hydrogen) atoms. The van der Waals surface area contributed by atoms with Gasteiger partial charge in [-0.15, -0.1) is 0 Å². The Morgan fingerprint density at radius 2 is 1.80 bits per heavy atom. The van der Waals surface area contributed by atoms with Gasteiger partial charge in [0.05, 0.1) is 6.04 Å². The Bertz CT molecular complexity index is 402. The van der Waals surface area contributed by atoms with Gasteiger partial charge >= 0.3 is 0 Å². The van der Waals surface area contributed by atoms with Crippen molar-refractivity contribution in [3.8, 4) is 0 Å². The number of fused-ring (bicyclic) bond motifs is 1. The molecule has 1 aromatic carbocycles. The second kappa shape index (κ2) is 8.08. The highest BCUT2D eigenvalue weighted by Crippen LogP contribution is 2.26. The van der Waals surface area contributed by atoms with Crippen molar-refractivity contribution in [3.05, 3.63) is 29.8 Å². The van der Waals surface area contributed by atoms with Crippen LogP contribution in [0.15, 0.2) is 24.3 Å². The Balaban J connectivity index is 1.60. The number of anilines is 1. The number of hydrogen-bond acceptors (Lipinski definition) is 2. The Morgan fingerprint density at radius 1 is 1.10 bits per heavy atom. The number of unbranched alkanes of at least 4 members (excludes halogenated alkanes) is 6. The summed E-state index contributed by atoms with van der Waals surface area (Å²) in [4.78, 5) is 12.2. The lowest BCUT2D eigenvalue weighted by Gasteiger charge is -2.09. The summed E-state index contributed by atoms with van der Waals surface area (Å²) in [5.74, 6) is 0.384. The van der Waals surface area contributed by atoms with Crippen LogP contribution in [0, 0.1) is 0 Å². The van der Waals surface area contributed by atoms with Crippen LogP contribution in [0.2, 0.25) is 0 Å². The molecular formula is C18H27NO. The number of Topliss-reactive ketones (excluding diaryl/α,β-unsaturated/α-hetero) is 1. The van der Waals surface area contributed by atoms with E-state index in [9.17, 15) is 4.79 Å². The zero-order valence-electron chi connectivity index (χ0n) is 12.7. The van der Waals surface area contributed by atoms with Crippen LogP contribution < -0.4 is 5.32 Å². The van der Waals surface area contributed by atoms with E-state index in [0.29, 0.717) is 5.78 Å². The zero-order valence-corrected chi connectivity index (χ0v) is 12.7. The van der Waals surface area contributed by atoms with Crippen molar-refractivity contribution in [3.63, 3.8) is 0 Å². The van der Waals surface area contributed by atoms with Crippen molar-refractivity contribution in [1.29, 1.82) is 0 Å². The fourth-order valence-electron chi connectivity index (χ4n) is 2.92. The van der Waals surface area contributed by atoms with Crippen molar-refractivity contribution < 1.29 is 4.79 Å². The number of ketones is 1. The molecule has 0 aliphatic carbocycles. The highest BCUT2D eigenvalue weighted by Gasteiger charge is 2.25. The fourth-order valence-corrected chi connectivity index (χ4v) is 2.92. The highest BCUT2D eigenvalue weighted by atomic mass is 16.1. The minimum atomic E-state index is 0.0208. The van der Waals surface area contributed by atoms with Crippen molar-refractivity contribution in [2.45, 2.75) is 70.8 Å². The third-order valence-electron chi connectivity index (χ3n) is 4.19. The number of carbonyl (C=O) groups excluding carboxylic acids is 1. The van der Waals surface area contributed by atoms with E-state index in [1.807, 2.05) is 12.1 Å². The molecule has 1 heterocycles. The van der Waals surface area contributed by atoms with Crippen LogP contribution in [0.5, 0.6) is 0 Å². The molecule has 1 unspecified atom stereocenters. The van der Waals surface area contributed by atoms with Crippen LogP contribution in [0.4, 0.5) is 5.69 Å². The first-order chi connectivity index (χ1) is 9.81. The molecule has 1 N–H and O–H groups in total. The summed E-state index contributed by atoms with van der Waals surface area (Å²) < 4.78 is 0. The summed E-state index contributed by atoms with van der Waals surface area (Å²) in [6.45, 7) is 2.24. The van der Waals surface area contributed by atoms with Gasteiger partial charge in [0, 0.05) is 18.5 Å². The number of para-hydroxylation sites is 1. The number of carbonyl (C=O) groups is 1. The number of rotatable bonds is 9. The normalized spacial score (nSPS) is 16.8. The summed E-state index contributed by atoms with van der Waals surface area (Å²) in [7, 11) is 0. The van der Waals surface area contributed by atoms with E-state index >= 15 is 0 Å². The van der Waals surface area contributed by atoms with E-state index in [-0.39, 0.29) is 6.04 Å². The minimum Gasteiger partial charge on any atom is -0.375 e. The first-order valence-electron chi connectivity index (χ1n) is 8.18. The average Bonchev–Trinajstić information content (AvgIpc) is 2.90. The number of benzene rings is 1. The molecular weight excluding hydrogens is 246 g/mol. The number of nitrogens with one attached hydrogen (secondary N) is 1. The zero-order chi connectivity index (χ0) is 14.2. The van der Waals surface area contributed by atoms with E-state index in [0.717, 1.165) is 24.9 Å². The topological polar surface area (TPSA) is 29.1 Å². The van der Waals surface area contributed by atoms with E-state index in [2.05, 4.69) is 24.4 Å². The van der Waals surface area contributed by atoms with Gasteiger partial charge in [0.15, 0.2) is 5.78 Å². The van der Waals surface area contributed by atoms with Crippen molar-refractivity contribution in [2.75, 3.05) is 5.32 Å². The van der Waals surface area contributed by atoms with E-state index in [1.165, 1.54) is 44.1 Å². The first-order valence-corrected chi connectivity index (χ1v) is 8.18. The Hall–Kier alpha value is -1.31. The lowest BCUT2D eigenvalue weighted by Crippen LogP contribution is -2.26. The smallest absolute Gasteiger partial charge is 0.155 e. The molecule has 0 saturated carbocycles. The Morgan fingerprint density at radius 3 is 2.55 bits per heavy atom. The minimum absolute atomic E-state index is 0.0208. The van der Waals surface area contributed by atoms with Crippen LogP contribution in [-0.4, -0.2) is 11.8 Å². The maximum Gasteiger partial charge on any atom is 0.155 e. The van der Waals surface area contributed by atoms with Gasteiger partial charge in [0.25, 0.3) is 0 Å². The molecule has 1 atom stereocenters. The first kappa shape index (κ1) is 15.1. The molecule has 1 aliphatic rings. The fraction of sp³-hybridized carbons (Fsp3) is 0.611. The molecule has 2 nitrogen and oxygen atoms in total. The van der Waals surface area contributed by atoms with E-state index < -0.39 is 0 Å². The largest absolute Gasteiger partial charge is 0.375 e. The third kappa shape index (κ3) is 4.36. The summed E-state index contributed by atoms with van der Waals surface area (Å²) in [6.07, 6.45) is 10.5. The molecule has 1 aliphatic heterocycles. The number of hydrogen-bond donors (Lipinski definition) is 1. The maximum absolute atomic E-state index is 12.2. The van der Waals surface area contributed by atoms with Crippen molar-refractivity contribution >= 4 is 11.5 Å². The summed E-state index contributed by atoms with van der Waals surface area (Å²) in [5.41, 5.74) is 2.43. The van der Waals surface area contributed by atoms with E-state index in [1.54, 1.807) is 0 Å². The maximum atomic E-state index is 12.2. The molecule has 2 heteroatoms. The van der Waals surface area contributed by atoms with Gasteiger partial charge in [0.1, 0.15) is 0 Å². The molecule has 0 saturated heterocycles. The quantitative estimate of drug-likeness (QED) is 0.659. The molecule has 110 valence electrons. The van der Waals surface area contributed by atoms with Gasteiger partial charge in [0.2, 0.25) is 0 Å².